The van der Waals surface area contributed by atoms with Crippen LogP contribution in [-0.4, -0.2) is 86.3 Å². The van der Waals surface area contributed by atoms with E-state index in [1.807, 2.05) is 0 Å². The molecule has 0 aromatic heterocycles. The highest BCUT2D eigenvalue weighted by Crippen LogP contribution is 2.51. The van der Waals surface area contributed by atoms with Crippen LogP contribution in [0, 0.1) is 0 Å². The van der Waals surface area contributed by atoms with Crippen LogP contribution in [0.4, 0.5) is 5.69 Å². The van der Waals surface area contributed by atoms with Crippen molar-refractivity contribution >= 4 is 50.6 Å². The van der Waals surface area contributed by atoms with E-state index < -0.39 is 32.5 Å². The Kier molecular flexibility index (Phi) is 6.94. The number of benzene rings is 2. The van der Waals surface area contributed by atoms with Crippen molar-refractivity contribution in [3.63, 3.8) is 0 Å². The molecule has 1 N–H and O–H groups in total. The maximum Gasteiger partial charge on any atom is 0.326 e. The Morgan fingerprint density at radius 1 is 1.00 bits per heavy atom. The van der Waals surface area contributed by atoms with E-state index in [1.165, 1.54) is 11.0 Å². The summed E-state index contributed by atoms with van der Waals surface area (Å²) in [5.74, 6) is -1.56. The summed E-state index contributed by atoms with van der Waals surface area (Å²) in [7, 11) is -1.93. The maximum absolute atomic E-state index is 13.6. The number of nitrogens with zero attached hydrogens (tertiary/aromatic N) is 3. The van der Waals surface area contributed by atoms with Gasteiger partial charge in [-0.3, -0.25) is 4.79 Å². The minimum atomic E-state index is -3.99. The van der Waals surface area contributed by atoms with Crippen LogP contribution >= 0.6 is 23.2 Å². The first-order valence-corrected chi connectivity index (χ1v) is 14.6. The Hall–Kier alpha value is -2.33. The molecule has 2 saturated heterocycles. The third-order valence-corrected chi connectivity index (χ3v) is 10.8. The fraction of sp³-hybridized carbons (Fsp3) is 0.462. The molecule has 2 aromatic carbocycles. The van der Waals surface area contributed by atoms with Gasteiger partial charge in [-0.15, -0.1) is 0 Å². The quantitative estimate of drug-likeness (QED) is 0.573. The minimum Gasteiger partial charge on any atom is -0.480 e. The monoisotopic (exact) mass is 565 g/mol. The number of sulfone groups is 1. The van der Waals surface area contributed by atoms with E-state index in [1.54, 1.807) is 36.4 Å². The smallest absolute Gasteiger partial charge is 0.326 e. The predicted octanol–water partition coefficient (Wildman–Crippen LogP) is 3.30. The molecule has 37 heavy (non-hydrogen) atoms. The van der Waals surface area contributed by atoms with E-state index in [-0.39, 0.29) is 28.8 Å². The number of amides is 1. The molecular weight excluding hydrogens is 537 g/mol. The number of carbonyl (C=O) groups excluding carboxylic acids is 1. The molecule has 198 valence electrons. The summed E-state index contributed by atoms with van der Waals surface area (Å²) in [5, 5.41) is 9.47. The molecule has 0 bridgehead atoms. The Balaban J connectivity index is 1.39. The lowest BCUT2D eigenvalue weighted by molar-refractivity contribution is -0.149. The van der Waals surface area contributed by atoms with Gasteiger partial charge in [0.25, 0.3) is 0 Å². The van der Waals surface area contributed by atoms with E-state index >= 15 is 0 Å². The Bertz CT molecular complexity index is 1320. The highest BCUT2D eigenvalue weighted by molar-refractivity contribution is 7.92. The number of anilines is 1. The highest BCUT2D eigenvalue weighted by Gasteiger charge is 2.57. The Labute approximate surface area is 226 Å². The average Bonchev–Trinajstić information content (AvgIpc) is 3.54. The van der Waals surface area contributed by atoms with Crippen molar-refractivity contribution in [3.8, 4) is 0 Å². The molecule has 1 saturated carbocycles. The van der Waals surface area contributed by atoms with Gasteiger partial charge in [-0.1, -0.05) is 35.3 Å². The van der Waals surface area contributed by atoms with E-state index in [2.05, 4.69) is 16.8 Å². The summed E-state index contributed by atoms with van der Waals surface area (Å²) < 4.78 is 27.3. The summed E-state index contributed by atoms with van der Waals surface area (Å²) in [5.41, 5.74) is 0.779. The van der Waals surface area contributed by atoms with E-state index in [0.717, 1.165) is 37.4 Å². The first-order chi connectivity index (χ1) is 17.5. The number of rotatable bonds is 6. The Morgan fingerprint density at radius 2 is 1.65 bits per heavy atom. The summed E-state index contributed by atoms with van der Waals surface area (Å²) in [6.45, 7) is 3.24. The van der Waals surface area contributed by atoms with Gasteiger partial charge in [-0.05, 0) is 62.2 Å². The second-order valence-electron chi connectivity index (χ2n) is 10.2. The predicted molar refractivity (Wildman–Crippen MR) is 142 cm³/mol. The molecule has 8 nitrogen and oxygen atoms in total. The van der Waals surface area contributed by atoms with Gasteiger partial charge in [-0.2, -0.15) is 0 Å². The molecule has 1 amide bonds. The van der Waals surface area contributed by atoms with Gasteiger partial charge in [0, 0.05) is 43.4 Å². The van der Waals surface area contributed by atoms with Gasteiger partial charge in [0.1, 0.15) is 6.04 Å². The molecule has 2 aliphatic heterocycles. The van der Waals surface area contributed by atoms with Gasteiger partial charge in [0.15, 0.2) is 9.84 Å². The lowest BCUT2D eigenvalue weighted by Crippen LogP contribution is -2.46. The van der Waals surface area contributed by atoms with Crippen LogP contribution in [0.1, 0.15) is 24.8 Å². The number of carboxylic acid groups (broad SMARTS) is 1. The number of piperazine rings is 1. The van der Waals surface area contributed by atoms with Crippen LogP contribution in [-0.2, 0) is 24.8 Å². The topological polar surface area (TPSA) is 98.2 Å². The summed E-state index contributed by atoms with van der Waals surface area (Å²) in [6, 6.07) is 10.6. The van der Waals surface area contributed by atoms with E-state index in [0.29, 0.717) is 17.9 Å². The number of carboxylic acids is 1. The maximum atomic E-state index is 13.6. The SMILES string of the molecule is CN1CCN(c2ccc(S(=O)(=O)[C@@H]3C[C@@H](C(=O)O)N(C(=O)C4(c5ccc(Cl)cc5)CC4)C3)c(Cl)c2)CC1. The van der Waals surface area contributed by atoms with Crippen molar-refractivity contribution in [2.45, 2.75) is 40.9 Å². The number of halogens is 2. The summed E-state index contributed by atoms with van der Waals surface area (Å²) in [6.07, 6.45) is 0.969. The van der Waals surface area contributed by atoms with E-state index in [4.69, 9.17) is 23.2 Å². The molecule has 2 atom stereocenters. The number of hydrogen-bond donors (Lipinski definition) is 1. The summed E-state index contributed by atoms with van der Waals surface area (Å²) >= 11 is 12.5. The first-order valence-electron chi connectivity index (χ1n) is 12.3. The molecule has 11 heteroatoms. The number of likely N-dealkylation sites (N-methyl/N-ethyl adjacent to an activating group) is 1. The summed E-state index contributed by atoms with van der Waals surface area (Å²) in [4.78, 5) is 31.4. The minimum absolute atomic E-state index is 0.0330. The number of aliphatic carboxylic acids is 1. The van der Waals surface area contributed by atoms with Gasteiger partial charge < -0.3 is 19.8 Å². The lowest BCUT2D eigenvalue weighted by atomic mass is 9.94. The second-order valence-corrected chi connectivity index (χ2v) is 13.2. The van der Waals surface area contributed by atoms with Gasteiger partial charge in [0.2, 0.25) is 5.91 Å². The molecule has 5 rings (SSSR count). The van der Waals surface area contributed by atoms with Crippen LogP contribution in [0.5, 0.6) is 0 Å². The number of carbonyl (C=O) groups is 2. The van der Waals surface area contributed by atoms with Crippen molar-refractivity contribution < 1.29 is 23.1 Å². The zero-order valence-electron chi connectivity index (χ0n) is 20.4. The molecule has 3 aliphatic rings. The highest BCUT2D eigenvalue weighted by atomic mass is 35.5. The molecule has 3 fully saturated rings. The van der Waals surface area contributed by atoms with Crippen molar-refractivity contribution in [2.75, 3.05) is 44.7 Å². The number of likely N-dealkylation sites (tertiary alicyclic amines) is 1. The first kappa shape index (κ1) is 26.3. The van der Waals surface area contributed by atoms with Crippen molar-refractivity contribution in [1.29, 1.82) is 0 Å². The fourth-order valence-electron chi connectivity index (χ4n) is 5.44. The lowest BCUT2D eigenvalue weighted by Gasteiger charge is -2.34. The molecule has 0 radical (unpaired) electrons. The van der Waals surface area contributed by atoms with E-state index in [9.17, 15) is 23.1 Å². The average molecular weight is 567 g/mol. The molecule has 0 unspecified atom stereocenters. The Morgan fingerprint density at radius 3 is 2.22 bits per heavy atom. The van der Waals surface area contributed by atoms with Crippen LogP contribution in [0.3, 0.4) is 0 Å². The van der Waals surface area contributed by atoms with Crippen molar-refractivity contribution in [1.82, 2.24) is 9.80 Å². The zero-order valence-corrected chi connectivity index (χ0v) is 22.8. The third-order valence-electron chi connectivity index (χ3n) is 7.89. The zero-order chi connectivity index (χ0) is 26.5. The second kappa shape index (κ2) is 9.76. The van der Waals surface area contributed by atoms with Crippen LogP contribution < -0.4 is 4.90 Å². The van der Waals surface area contributed by atoms with Crippen LogP contribution in [0.2, 0.25) is 10.0 Å². The third kappa shape index (κ3) is 4.82. The molecule has 2 heterocycles. The largest absolute Gasteiger partial charge is 0.480 e. The standard InChI is InChI=1S/C26H29Cl2N3O5S/c1-29-10-12-30(13-11-29)19-6-7-23(21(28)14-19)37(35,36)20-15-22(24(32)33)31(16-20)25(34)26(8-9-26)17-2-4-18(27)5-3-17/h2-7,14,20,22H,8-13,15-16H2,1H3,(H,32,33)/t20-,22+/m1/s1. The van der Waals surface area contributed by atoms with Gasteiger partial charge in [-0.25, -0.2) is 13.2 Å². The molecule has 2 aromatic rings. The van der Waals surface area contributed by atoms with Crippen molar-refractivity contribution in [2.24, 2.45) is 0 Å². The van der Waals surface area contributed by atoms with Crippen molar-refractivity contribution in [3.05, 3.63) is 58.1 Å². The van der Waals surface area contributed by atoms with Gasteiger partial charge in [0.05, 0.1) is 20.6 Å². The van der Waals surface area contributed by atoms with Crippen LogP contribution in [0.25, 0.3) is 0 Å². The molecule has 1 aliphatic carbocycles. The molecule has 0 spiro atoms. The fourth-order valence-corrected chi connectivity index (χ4v) is 7.80. The normalized spacial score (nSPS) is 23.8. The molecular formula is C26H29Cl2N3O5S. The van der Waals surface area contributed by atoms with Gasteiger partial charge >= 0.3 is 5.97 Å². The number of hydrogen-bond acceptors (Lipinski definition) is 6. The van der Waals surface area contributed by atoms with Crippen LogP contribution in [0.15, 0.2) is 47.4 Å².